The van der Waals surface area contributed by atoms with Crippen LogP contribution in [0, 0.1) is 5.92 Å². The molecule has 13 heavy (non-hydrogen) atoms. The summed E-state index contributed by atoms with van der Waals surface area (Å²) >= 11 is 3.55. The average molecular weight is 241 g/mol. The molecule has 0 saturated heterocycles. The Hall–Kier alpha value is -0.300. The van der Waals surface area contributed by atoms with Gasteiger partial charge in [0.05, 0.1) is 0 Å². The molecule has 0 saturated carbocycles. The van der Waals surface area contributed by atoms with Gasteiger partial charge in [0.2, 0.25) is 0 Å². The first-order chi connectivity index (χ1) is 6.09. The SMILES string of the molecule is CC(CBr)C(C)(C)c1ccccc1. The fourth-order valence-corrected chi connectivity index (χ4v) is 2.15. The normalized spacial score (nSPS) is 14.2. The van der Waals surface area contributed by atoms with Crippen LogP contribution in [0.15, 0.2) is 30.3 Å². The minimum Gasteiger partial charge on any atom is -0.0925 e. The van der Waals surface area contributed by atoms with Crippen LogP contribution in [0.25, 0.3) is 0 Å². The smallest absolute Gasteiger partial charge is 0.00653 e. The van der Waals surface area contributed by atoms with Crippen molar-refractivity contribution in [2.45, 2.75) is 26.2 Å². The minimum absolute atomic E-state index is 0.255. The zero-order chi connectivity index (χ0) is 9.90. The third-order valence-electron chi connectivity index (χ3n) is 2.98. The second-order valence-corrected chi connectivity index (χ2v) is 4.79. The molecule has 0 fully saturated rings. The van der Waals surface area contributed by atoms with Crippen LogP contribution >= 0.6 is 15.9 Å². The molecule has 1 unspecified atom stereocenters. The summed E-state index contributed by atoms with van der Waals surface area (Å²) in [5, 5.41) is 1.05. The van der Waals surface area contributed by atoms with Crippen molar-refractivity contribution in [2.24, 2.45) is 5.92 Å². The first kappa shape index (κ1) is 10.8. The predicted octanol–water partition coefficient (Wildman–Crippen LogP) is 4.00. The molecule has 0 amide bonds. The molecule has 0 aromatic heterocycles. The van der Waals surface area contributed by atoms with E-state index in [1.807, 2.05) is 0 Å². The average Bonchev–Trinajstić information content (AvgIpc) is 2.18. The van der Waals surface area contributed by atoms with Crippen molar-refractivity contribution in [1.82, 2.24) is 0 Å². The molecule has 1 heteroatoms. The summed E-state index contributed by atoms with van der Waals surface area (Å²) in [7, 11) is 0. The van der Waals surface area contributed by atoms with Crippen molar-refractivity contribution < 1.29 is 0 Å². The van der Waals surface area contributed by atoms with Crippen LogP contribution in [0.5, 0.6) is 0 Å². The Kier molecular flexibility index (Phi) is 3.55. The summed E-state index contributed by atoms with van der Waals surface area (Å²) in [6, 6.07) is 10.7. The van der Waals surface area contributed by atoms with Crippen molar-refractivity contribution in [3.63, 3.8) is 0 Å². The lowest BCUT2D eigenvalue weighted by Gasteiger charge is -2.31. The molecular weight excluding hydrogens is 224 g/mol. The lowest BCUT2D eigenvalue weighted by atomic mass is 9.75. The van der Waals surface area contributed by atoms with Crippen LogP contribution in [-0.4, -0.2) is 5.33 Å². The van der Waals surface area contributed by atoms with Gasteiger partial charge in [-0.3, -0.25) is 0 Å². The van der Waals surface area contributed by atoms with E-state index in [1.165, 1.54) is 5.56 Å². The topological polar surface area (TPSA) is 0 Å². The molecule has 0 heterocycles. The number of hydrogen-bond acceptors (Lipinski definition) is 0. The number of hydrogen-bond donors (Lipinski definition) is 0. The molecule has 1 aromatic carbocycles. The van der Waals surface area contributed by atoms with Gasteiger partial charge < -0.3 is 0 Å². The zero-order valence-corrected chi connectivity index (χ0v) is 10.1. The van der Waals surface area contributed by atoms with E-state index in [4.69, 9.17) is 0 Å². The Balaban J connectivity index is 2.93. The van der Waals surface area contributed by atoms with Crippen LogP contribution in [0.3, 0.4) is 0 Å². The maximum Gasteiger partial charge on any atom is 0.00653 e. The number of halogens is 1. The summed E-state index contributed by atoms with van der Waals surface area (Å²) in [4.78, 5) is 0. The molecule has 0 bridgehead atoms. The summed E-state index contributed by atoms with van der Waals surface area (Å²) < 4.78 is 0. The minimum atomic E-state index is 0.255. The van der Waals surface area contributed by atoms with Crippen molar-refractivity contribution in [2.75, 3.05) is 5.33 Å². The molecule has 1 atom stereocenters. The van der Waals surface area contributed by atoms with Gasteiger partial charge in [-0.15, -0.1) is 0 Å². The van der Waals surface area contributed by atoms with Gasteiger partial charge in [0, 0.05) is 5.33 Å². The first-order valence-electron chi connectivity index (χ1n) is 4.70. The van der Waals surface area contributed by atoms with E-state index < -0.39 is 0 Å². The van der Waals surface area contributed by atoms with E-state index in [9.17, 15) is 0 Å². The number of benzene rings is 1. The van der Waals surface area contributed by atoms with Gasteiger partial charge in [-0.1, -0.05) is 67.0 Å². The van der Waals surface area contributed by atoms with Gasteiger partial charge in [-0.2, -0.15) is 0 Å². The Labute approximate surface area is 89.5 Å². The summed E-state index contributed by atoms with van der Waals surface area (Å²) in [5.41, 5.74) is 1.67. The first-order valence-corrected chi connectivity index (χ1v) is 5.82. The van der Waals surface area contributed by atoms with Gasteiger partial charge in [0.1, 0.15) is 0 Å². The Morgan fingerprint density at radius 1 is 1.23 bits per heavy atom. The van der Waals surface area contributed by atoms with Crippen LogP contribution in [-0.2, 0) is 5.41 Å². The molecule has 0 aliphatic heterocycles. The summed E-state index contributed by atoms with van der Waals surface area (Å²) in [5.74, 6) is 0.648. The highest BCUT2D eigenvalue weighted by molar-refractivity contribution is 9.09. The fraction of sp³-hybridized carbons (Fsp3) is 0.500. The molecule has 0 radical (unpaired) electrons. The Morgan fingerprint density at radius 2 is 1.77 bits per heavy atom. The molecule has 1 rings (SSSR count). The molecule has 1 aromatic rings. The predicted molar refractivity (Wildman–Crippen MR) is 62.4 cm³/mol. The van der Waals surface area contributed by atoms with Crippen molar-refractivity contribution in [3.8, 4) is 0 Å². The molecule has 0 spiro atoms. The number of alkyl halides is 1. The van der Waals surface area contributed by atoms with Gasteiger partial charge in [0.25, 0.3) is 0 Å². The Morgan fingerprint density at radius 3 is 2.23 bits per heavy atom. The van der Waals surface area contributed by atoms with Crippen molar-refractivity contribution >= 4 is 15.9 Å². The molecular formula is C12H17Br. The molecule has 0 aliphatic rings. The van der Waals surface area contributed by atoms with E-state index >= 15 is 0 Å². The largest absolute Gasteiger partial charge is 0.0925 e. The highest BCUT2D eigenvalue weighted by Gasteiger charge is 2.26. The maximum absolute atomic E-state index is 3.55. The van der Waals surface area contributed by atoms with Gasteiger partial charge in [0.15, 0.2) is 0 Å². The lowest BCUT2D eigenvalue weighted by molar-refractivity contribution is 0.380. The number of rotatable bonds is 3. The van der Waals surface area contributed by atoms with Gasteiger partial charge >= 0.3 is 0 Å². The van der Waals surface area contributed by atoms with Gasteiger partial charge in [-0.25, -0.2) is 0 Å². The van der Waals surface area contributed by atoms with Crippen molar-refractivity contribution in [3.05, 3.63) is 35.9 Å². The van der Waals surface area contributed by atoms with E-state index in [-0.39, 0.29) is 5.41 Å². The van der Waals surface area contributed by atoms with Crippen LogP contribution in [0.2, 0.25) is 0 Å². The van der Waals surface area contributed by atoms with Crippen LogP contribution in [0.4, 0.5) is 0 Å². The second kappa shape index (κ2) is 4.28. The molecule has 0 nitrogen and oxygen atoms in total. The maximum atomic E-state index is 3.55. The van der Waals surface area contributed by atoms with Crippen LogP contribution in [0.1, 0.15) is 26.3 Å². The highest BCUT2D eigenvalue weighted by Crippen LogP contribution is 2.32. The van der Waals surface area contributed by atoms with E-state index in [0.29, 0.717) is 5.92 Å². The third kappa shape index (κ3) is 2.34. The summed E-state index contributed by atoms with van der Waals surface area (Å²) in [6.45, 7) is 6.88. The molecule has 0 N–H and O–H groups in total. The van der Waals surface area contributed by atoms with Crippen molar-refractivity contribution in [1.29, 1.82) is 0 Å². The Bertz CT molecular complexity index is 251. The molecule has 72 valence electrons. The van der Waals surface area contributed by atoms with E-state index in [0.717, 1.165) is 5.33 Å². The van der Waals surface area contributed by atoms with Crippen LogP contribution < -0.4 is 0 Å². The fourth-order valence-electron chi connectivity index (χ4n) is 1.35. The lowest BCUT2D eigenvalue weighted by Crippen LogP contribution is -2.27. The molecule has 0 aliphatic carbocycles. The monoisotopic (exact) mass is 240 g/mol. The van der Waals surface area contributed by atoms with E-state index in [2.05, 4.69) is 67.0 Å². The third-order valence-corrected chi connectivity index (χ3v) is 3.95. The zero-order valence-electron chi connectivity index (χ0n) is 8.55. The quantitative estimate of drug-likeness (QED) is 0.702. The highest BCUT2D eigenvalue weighted by atomic mass is 79.9. The van der Waals surface area contributed by atoms with E-state index in [1.54, 1.807) is 0 Å². The summed E-state index contributed by atoms with van der Waals surface area (Å²) in [6.07, 6.45) is 0. The van der Waals surface area contributed by atoms with Gasteiger partial charge in [-0.05, 0) is 16.9 Å². The standard InChI is InChI=1S/C12H17Br/c1-10(9-13)12(2,3)11-7-5-4-6-8-11/h4-8,10H,9H2,1-3H3. The second-order valence-electron chi connectivity index (χ2n) is 4.14.